The zero-order valence-corrected chi connectivity index (χ0v) is 18.0. The van der Waals surface area contributed by atoms with Crippen LogP contribution in [0.4, 0.5) is 9.39 Å². The van der Waals surface area contributed by atoms with Crippen molar-refractivity contribution in [3.8, 4) is 0 Å². The highest BCUT2D eigenvalue weighted by molar-refractivity contribution is 7.17. The second kappa shape index (κ2) is 8.09. The van der Waals surface area contributed by atoms with Crippen molar-refractivity contribution in [3.63, 3.8) is 0 Å². The highest BCUT2D eigenvalue weighted by Gasteiger charge is 2.29. The van der Waals surface area contributed by atoms with Crippen molar-refractivity contribution in [2.24, 2.45) is 0 Å². The fourth-order valence-corrected chi connectivity index (χ4v) is 5.68. The van der Waals surface area contributed by atoms with Crippen LogP contribution in [-0.4, -0.2) is 31.1 Å². The molecular weight excluding hydrogens is 419 g/mol. The number of halogens is 1. The number of amides is 2. The first kappa shape index (κ1) is 20.2. The van der Waals surface area contributed by atoms with E-state index < -0.39 is 5.91 Å². The van der Waals surface area contributed by atoms with Gasteiger partial charge in [0.1, 0.15) is 16.4 Å². The number of hydrogen-bond acceptors (Lipinski definition) is 5. The third kappa shape index (κ3) is 3.74. The molecule has 2 N–H and O–H groups in total. The Labute approximate surface area is 182 Å². The van der Waals surface area contributed by atoms with Gasteiger partial charge in [0.15, 0.2) is 5.76 Å². The van der Waals surface area contributed by atoms with E-state index in [1.54, 1.807) is 6.92 Å². The molecule has 1 atom stereocenters. The van der Waals surface area contributed by atoms with Crippen molar-refractivity contribution in [1.82, 2.24) is 5.32 Å². The van der Waals surface area contributed by atoms with Crippen LogP contribution in [0.3, 0.4) is 0 Å². The Morgan fingerprint density at radius 1 is 1.23 bits per heavy atom. The minimum atomic E-state index is -0.442. The molecule has 1 aliphatic carbocycles. The molecule has 0 saturated carbocycles. The van der Waals surface area contributed by atoms with E-state index in [9.17, 15) is 14.0 Å². The first-order chi connectivity index (χ1) is 15.0. The van der Waals surface area contributed by atoms with Crippen LogP contribution in [0.15, 0.2) is 22.6 Å². The lowest BCUT2D eigenvalue weighted by Crippen LogP contribution is -2.32. The molecule has 1 aromatic carbocycles. The van der Waals surface area contributed by atoms with E-state index in [0.29, 0.717) is 33.6 Å². The van der Waals surface area contributed by atoms with E-state index >= 15 is 0 Å². The summed E-state index contributed by atoms with van der Waals surface area (Å²) >= 11 is 1.45. The van der Waals surface area contributed by atoms with Gasteiger partial charge in [-0.3, -0.25) is 9.59 Å². The molecule has 1 aliphatic heterocycles. The topological polar surface area (TPSA) is 80.6 Å². The number of carbonyl (C=O) groups excluding carboxylic acids is 2. The number of anilines is 1. The molecule has 6 nitrogen and oxygen atoms in total. The van der Waals surface area contributed by atoms with Crippen LogP contribution in [0.1, 0.15) is 56.2 Å². The van der Waals surface area contributed by atoms with Crippen molar-refractivity contribution >= 4 is 39.1 Å². The number of aryl methyl sites for hydroxylation is 2. The van der Waals surface area contributed by atoms with Crippen molar-refractivity contribution in [2.75, 3.05) is 18.5 Å². The molecule has 2 amide bonds. The van der Waals surface area contributed by atoms with Crippen LogP contribution in [0.2, 0.25) is 0 Å². The lowest BCUT2D eigenvalue weighted by atomic mass is 10.1. The van der Waals surface area contributed by atoms with E-state index in [1.807, 2.05) is 0 Å². The van der Waals surface area contributed by atoms with E-state index in [4.69, 9.17) is 9.15 Å². The minimum Gasteiger partial charge on any atom is -0.451 e. The predicted molar refractivity (Wildman–Crippen MR) is 117 cm³/mol. The van der Waals surface area contributed by atoms with Crippen LogP contribution in [-0.2, 0) is 17.6 Å². The average Bonchev–Trinajstić information content (AvgIpc) is 3.51. The Morgan fingerprint density at radius 2 is 2.10 bits per heavy atom. The van der Waals surface area contributed by atoms with Gasteiger partial charge in [-0.05, 0) is 62.8 Å². The molecule has 1 saturated heterocycles. The van der Waals surface area contributed by atoms with Gasteiger partial charge in [-0.2, -0.15) is 0 Å². The second-order valence-electron chi connectivity index (χ2n) is 8.06. The van der Waals surface area contributed by atoms with Gasteiger partial charge in [0.2, 0.25) is 0 Å². The molecule has 0 spiro atoms. The fraction of sp³-hybridized carbons (Fsp3) is 0.391. The Balaban J connectivity index is 1.41. The lowest BCUT2D eigenvalue weighted by Gasteiger charge is -2.12. The summed E-state index contributed by atoms with van der Waals surface area (Å²) in [6.07, 6.45) is 4.74. The summed E-state index contributed by atoms with van der Waals surface area (Å²) in [5.74, 6) is -0.890. The molecular formula is C23H23FN2O4S. The summed E-state index contributed by atoms with van der Waals surface area (Å²) in [7, 11) is 0. The van der Waals surface area contributed by atoms with Crippen molar-refractivity contribution in [3.05, 3.63) is 51.3 Å². The third-order valence-electron chi connectivity index (χ3n) is 5.99. The standard InChI is InChI=1S/C23H23FN2O4S/c1-12-16-10-13(24)7-8-17(16)30-20(12)22(28)26-23-19(15-5-2-6-18(15)31-23)21(27)25-11-14-4-3-9-29-14/h7-8,10,14H,2-6,9,11H2,1H3,(H,25,27)(H,26,28)/t14-/m0/s1. The molecule has 31 heavy (non-hydrogen) atoms. The Hall–Kier alpha value is -2.71. The molecule has 0 unspecified atom stereocenters. The maximum absolute atomic E-state index is 13.6. The largest absolute Gasteiger partial charge is 0.451 e. The zero-order valence-electron chi connectivity index (χ0n) is 17.2. The Kier molecular flexibility index (Phi) is 5.27. The number of fused-ring (bicyclic) bond motifs is 2. The molecule has 3 aromatic rings. The monoisotopic (exact) mass is 442 g/mol. The van der Waals surface area contributed by atoms with Crippen LogP contribution in [0, 0.1) is 12.7 Å². The number of rotatable bonds is 5. The average molecular weight is 443 g/mol. The van der Waals surface area contributed by atoms with Gasteiger partial charge in [-0.25, -0.2) is 4.39 Å². The normalized spacial score (nSPS) is 17.8. The molecule has 0 bridgehead atoms. The van der Waals surface area contributed by atoms with Crippen molar-refractivity contribution in [1.29, 1.82) is 0 Å². The van der Waals surface area contributed by atoms with Crippen LogP contribution < -0.4 is 10.6 Å². The quantitative estimate of drug-likeness (QED) is 0.606. The molecule has 2 aromatic heterocycles. The number of carbonyl (C=O) groups is 2. The summed E-state index contributed by atoms with van der Waals surface area (Å²) in [4.78, 5) is 27.2. The predicted octanol–water partition coefficient (Wildman–Crippen LogP) is 4.59. The van der Waals surface area contributed by atoms with Gasteiger partial charge < -0.3 is 19.8 Å². The number of nitrogens with one attached hydrogen (secondary N) is 2. The minimum absolute atomic E-state index is 0.0484. The summed E-state index contributed by atoms with van der Waals surface area (Å²) in [6, 6.07) is 4.17. The first-order valence-corrected chi connectivity index (χ1v) is 11.4. The van der Waals surface area contributed by atoms with Crippen LogP contribution >= 0.6 is 11.3 Å². The molecule has 162 valence electrons. The van der Waals surface area contributed by atoms with E-state index in [0.717, 1.165) is 49.2 Å². The van der Waals surface area contributed by atoms with Crippen molar-refractivity contribution < 1.29 is 23.1 Å². The molecule has 8 heteroatoms. The summed E-state index contributed by atoms with van der Waals surface area (Å²) < 4.78 is 24.9. The maximum Gasteiger partial charge on any atom is 0.292 e. The van der Waals surface area contributed by atoms with E-state index in [2.05, 4.69) is 10.6 Å². The van der Waals surface area contributed by atoms with Crippen LogP contribution in [0.25, 0.3) is 11.0 Å². The highest BCUT2D eigenvalue weighted by atomic mass is 32.1. The molecule has 5 rings (SSSR count). The highest BCUT2D eigenvalue weighted by Crippen LogP contribution is 2.39. The van der Waals surface area contributed by atoms with Crippen molar-refractivity contribution in [2.45, 2.75) is 45.1 Å². The lowest BCUT2D eigenvalue weighted by molar-refractivity contribution is 0.0858. The number of benzene rings is 1. The van der Waals surface area contributed by atoms with Gasteiger partial charge >= 0.3 is 0 Å². The number of furan rings is 1. The first-order valence-electron chi connectivity index (χ1n) is 10.6. The Morgan fingerprint density at radius 3 is 2.90 bits per heavy atom. The molecule has 1 fully saturated rings. The maximum atomic E-state index is 13.6. The third-order valence-corrected chi connectivity index (χ3v) is 7.20. The molecule has 3 heterocycles. The summed E-state index contributed by atoms with van der Waals surface area (Å²) in [6.45, 7) is 2.92. The summed E-state index contributed by atoms with van der Waals surface area (Å²) in [5.41, 5.74) is 2.59. The van der Waals surface area contributed by atoms with Gasteiger partial charge in [-0.1, -0.05) is 0 Å². The van der Waals surface area contributed by atoms with E-state index in [1.165, 1.54) is 29.5 Å². The van der Waals surface area contributed by atoms with Gasteiger partial charge in [0, 0.05) is 29.0 Å². The molecule has 0 radical (unpaired) electrons. The van der Waals surface area contributed by atoms with Gasteiger partial charge in [0.05, 0.1) is 11.7 Å². The summed E-state index contributed by atoms with van der Waals surface area (Å²) in [5, 5.41) is 6.95. The van der Waals surface area contributed by atoms with E-state index in [-0.39, 0.29) is 23.6 Å². The number of ether oxygens (including phenoxy) is 1. The Bertz CT molecular complexity index is 1180. The number of hydrogen-bond donors (Lipinski definition) is 2. The molecule has 2 aliphatic rings. The SMILES string of the molecule is Cc1c(C(=O)Nc2sc3c(c2C(=O)NC[C@@H]2CCCO2)CCC3)oc2ccc(F)cc12. The van der Waals surface area contributed by atoms with Gasteiger partial charge in [0.25, 0.3) is 11.8 Å². The van der Waals surface area contributed by atoms with Crippen LogP contribution in [0.5, 0.6) is 0 Å². The zero-order chi connectivity index (χ0) is 21.5. The number of thiophene rings is 1. The van der Waals surface area contributed by atoms with Gasteiger partial charge in [-0.15, -0.1) is 11.3 Å². The smallest absolute Gasteiger partial charge is 0.292 e. The fourth-order valence-electron chi connectivity index (χ4n) is 4.40. The second-order valence-corrected chi connectivity index (χ2v) is 9.16.